The first kappa shape index (κ1) is 24.9. The molecule has 0 saturated carbocycles. The van der Waals surface area contributed by atoms with Crippen LogP contribution in [0, 0.1) is 13.8 Å². The summed E-state index contributed by atoms with van der Waals surface area (Å²) in [6.45, 7) is 8.80. The molecule has 1 amide bonds. The van der Waals surface area contributed by atoms with Crippen molar-refractivity contribution in [2.45, 2.75) is 52.5 Å². The molecule has 4 aromatic rings. The number of benzene rings is 3. The molecule has 0 radical (unpaired) electrons. The highest BCUT2D eigenvalue weighted by Gasteiger charge is 2.35. The average Bonchev–Trinajstić information content (AvgIpc) is 3.47. The summed E-state index contributed by atoms with van der Waals surface area (Å²) in [5.41, 5.74) is 5.30. The number of amides is 1. The fourth-order valence-electron chi connectivity index (χ4n) is 5.13. The Morgan fingerprint density at radius 2 is 1.76 bits per heavy atom. The van der Waals surface area contributed by atoms with E-state index in [-0.39, 0.29) is 11.8 Å². The predicted molar refractivity (Wildman–Crippen MR) is 148 cm³/mol. The van der Waals surface area contributed by atoms with Gasteiger partial charge >= 0.3 is 0 Å². The maximum absolute atomic E-state index is 13.1. The van der Waals surface area contributed by atoms with Crippen LogP contribution >= 0.6 is 0 Å². The fourth-order valence-corrected chi connectivity index (χ4v) is 5.13. The zero-order valence-corrected chi connectivity index (χ0v) is 21.9. The molecular formula is C31H35N3O3. The Morgan fingerprint density at radius 3 is 2.62 bits per heavy atom. The lowest BCUT2D eigenvalue weighted by atomic mass is 10.1. The molecular weight excluding hydrogens is 462 g/mol. The first-order chi connectivity index (χ1) is 18.0. The van der Waals surface area contributed by atoms with Crippen LogP contribution in [0.5, 0.6) is 11.5 Å². The molecule has 1 aliphatic rings. The van der Waals surface area contributed by atoms with Crippen molar-refractivity contribution < 1.29 is 14.3 Å². The molecule has 1 aliphatic heterocycles. The minimum Gasteiger partial charge on any atom is -0.493 e. The number of imidazole rings is 1. The maximum atomic E-state index is 13.1. The van der Waals surface area contributed by atoms with Gasteiger partial charge in [0, 0.05) is 25.4 Å². The monoisotopic (exact) mass is 497 g/mol. The van der Waals surface area contributed by atoms with Crippen LogP contribution < -0.4 is 14.4 Å². The first-order valence-electron chi connectivity index (χ1n) is 13.2. The molecule has 37 heavy (non-hydrogen) atoms. The van der Waals surface area contributed by atoms with Crippen LogP contribution in [0.15, 0.2) is 66.7 Å². The molecule has 0 N–H and O–H groups in total. The number of carbonyl (C=O) groups is 1. The Bertz CT molecular complexity index is 1390. The molecule has 5 rings (SSSR count). The molecule has 2 heterocycles. The van der Waals surface area contributed by atoms with Gasteiger partial charge in [-0.2, -0.15) is 0 Å². The summed E-state index contributed by atoms with van der Waals surface area (Å²) in [5.74, 6) is 2.84. The topological polar surface area (TPSA) is 56.6 Å². The lowest BCUT2D eigenvalue weighted by Gasteiger charge is -2.20. The molecule has 6 heteroatoms. The number of ether oxygens (including phenoxy) is 2. The molecule has 0 aliphatic carbocycles. The van der Waals surface area contributed by atoms with E-state index in [0.29, 0.717) is 26.2 Å². The quantitative estimate of drug-likeness (QED) is 0.237. The van der Waals surface area contributed by atoms with Gasteiger partial charge < -0.3 is 18.9 Å². The molecule has 1 atom stereocenters. The third kappa shape index (κ3) is 5.33. The first-order valence-corrected chi connectivity index (χ1v) is 13.2. The number of anilines is 1. The molecule has 3 aromatic carbocycles. The van der Waals surface area contributed by atoms with E-state index in [1.54, 1.807) is 0 Å². The van der Waals surface area contributed by atoms with Crippen molar-refractivity contribution >= 4 is 22.6 Å². The zero-order valence-electron chi connectivity index (χ0n) is 21.9. The van der Waals surface area contributed by atoms with Crippen molar-refractivity contribution in [2.24, 2.45) is 0 Å². The third-order valence-corrected chi connectivity index (χ3v) is 7.01. The van der Waals surface area contributed by atoms with Gasteiger partial charge in [0.25, 0.3) is 0 Å². The van der Waals surface area contributed by atoms with E-state index in [1.165, 1.54) is 5.56 Å². The normalized spacial score (nSPS) is 15.5. The minimum absolute atomic E-state index is 0.0285. The third-order valence-electron chi connectivity index (χ3n) is 7.01. The smallest absolute Gasteiger partial charge is 0.227 e. The van der Waals surface area contributed by atoms with Gasteiger partial charge in [-0.05, 0) is 75.1 Å². The number of rotatable bonds is 10. The number of nitrogens with zero attached hydrogens (tertiary/aromatic N) is 3. The molecule has 0 bridgehead atoms. The lowest BCUT2D eigenvalue weighted by Crippen LogP contribution is -2.25. The lowest BCUT2D eigenvalue weighted by molar-refractivity contribution is -0.117. The van der Waals surface area contributed by atoms with Crippen LogP contribution in [-0.2, 0) is 11.3 Å². The summed E-state index contributed by atoms with van der Waals surface area (Å²) in [7, 11) is 0. The number of aromatic nitrogens is 2. The van der Waals surface area contributed by atoms with E-state index < -0.39 is 0 Å². The predicted octanol–water partition coefficient (Wildman–Crippen LogP) is 6.43. The summed E-state index contributed by atoms with van der Waals surface area (Å²) >= 11 is 0. The van der Waals surface area contributed by atoms with Crippen molar-refractivity contribution in [1.29, 1.82) is 0 Å². The number of carbonyl (C=O) groups excluding carboxylic acids is 1. The Balaban J connectivity index is 1.31. The highest BCUT2D eigenvalue weighted by atomic mass is 16.5. The Hall–Kier alpha value is -3.80. The van der Waals surface area contributed by atoms with Crippen LogP contribution in [0.3, 0.4) is 0 Å². The van der Waals surface area contributed by atoms with Gasteiger partial charge in [-0.1, -0.05) is 36.4 Å². The maximum Gasteiger partial charge on any atom is 0.227 e. The number of hydrogen-bond donors (Lipinski definition) is 0. The molecule has 0 spiro atoms. The molecule has 1 aromatic heterocycles. The number of hydrogen-bond acceptors (Lipinski definition) is 4. The molecule has 1 saturated heterocycles. The van der Waals surface area contributed by atoms with Gasteiger partial charge in [0.1, 0.15) is 17.3 Å². The number of aryl methyl sites for hydroxylation is 3. The van der Waals surface area contributed by atoms with Crippen molar-refractivity contribution in [3.8, 4) is 11.5 Å². The molecule has 1 fully saturated rings. The second kappa shape index (κ2) is 11.1. The van der Waals surface area contributed by atoms with Gasteiger partial charge in [0.2, 0.25) is 5.91 Å². The number of unbranched alkanes of at least 4 members (excludes halogenated alkanes) is 1. The van der Waals surface area contributed by atoms with E-state index in [0.717, 1.165) is 59.0 Å². The average molecular weight is 498 g/mol. The van der Waals surface area contributed by atoms with E-state index >= 15 is 0 Å². The van der Waals surface area contributed by atoms with Crippen molar-refractivity contribution in [3.05, 3.63) is 83.7 Å². The van der Waals surface area contributed by atoms with Crippen LogP contribution in [0.4, 0.5) is 5.69 Å². The van der Waals surface area contributed by atoms with Crippen LogP contribution in [0.2, 0.25) is 0 Å². The molecule has 0 unspecified atom stereocenters. The van der Waals surface area contributed by atoms with Crippen molar-refractivity contribution in [2.75, 3.05) is 24.7 Å². The number of fused-ring (bicyclic) bond motifs is 1. The van der Waals surface area contributed by atoms with Gasteiger partial charge in [-0.25, -0.2) is 4.98 Å². The van der Waals surface area contributed by atoms with Crippen molar-refractivity contribution in [1.82, 2.24) is 9.55 Å². The SMILES string of the molecule is CCOc1ccccc1N1C[C@H](c2nc3ccccc3n2CCCCOc2cc(C)ccc2C)CC1=O. The minimum atomic E-state index is 0.0285. The van der Waals surface area contributed by atoms with Gasteiger partial charge in [0.05, 0.1) is 29.9 Å². The summed E-state index contributed by atoms with van der Waals surface area (Å²) in [4.78, 5) is 20.0. The summed E-state index contributed by atoms with van der Waals surface area (Å²) in [6.07, 6.45) is 2.35. The molecule has 192 valence electrons. The van der Waals surface area contributed by atoms with Gasteiger partial charge in [-0.15, -0.1) is 0 Å². The fraction of sp³-hybridized carbons (Fsp3) is 0.355. The van der Waals surface area contributed by atoms with Gasteiger partial charge in [-0.3, -0.25) is 4.79 Å². The van der Waals surface area contributed by atoms with Crippen molar-refractivity contribution in [3.63, 3.8) is 0 Å². The Labute approximate surface area is 218 Å². The summed E-state index contributed by atoms with van der Waals surface area (Å²) < 4.78 is 14.2. The van der Waals surface area contributed by atoms with E-state index in [2.05, 4.69) is 54.8 Å². The largest absolute Gasteiger partial charge is 0.493 e. The standard InChI is InChI=1S/C31H35N3O3/c1-4-36-28-14-8-7-13-27(28)34-21-24(20-30(34)35)31-32-25-11-5-6-12-26(25)33(31)17-9-10-18-37-29-19-22(2)15-16-23(29)3/h5-8,11-16,19,24H,4,9-10,17-18,20-21H2,1-3H3/t24-/m1/s1. The second-order valence-electron chi connectivity index (χ2n) is 9.74. The highest BCUT2D eigenvalue weighted by Crippen LogP contribution is 2.37. The molecule has 6 nitrogen and oxygen atoms in total. The van der Waals surface area contributed by atoms with Gasteiger partial charge in [0.15, 0.2) is 0 Å². The summed E-state index contributed by atoms with van der Waals surface area (Å²) in [5, 5.41) is 0. The zero-order chi connectivity index (χ0) is 25.8. The second-order valence-corrected chi connectivity index (χ2v) is 9.74. The number of para-hydroxylation sites is 4. The van der Waals surface area contributed by atoms with Crippen LogP contribution in [0.25, 0.3) is 11.0 Å². The van der Waals surface area contributed by atoms with E-state index in [9.17, 15) is 4.79 Å². The Morgan fingerprint density at radius 1 is 0.946 bits per heavy atom. The van der Waals surface area contributed by atoms with E-state index in [1.807, 2.05) is 42.2 Å². The van der Waals surface area contributed by atoms with Crippen LogP contribution in [-0.4, -0.2) is 35.2 Å². The Kier molecular flexibility index (Phi) is 7.45. The van der Waals surface area contributed by atoms with Crippen LogP contribution in [0.1, 0.15) is 49.1 Å². The summed E-state index contributed by atoms with van der Waals surface area (Å²) in [6, 6.07) is 22.3. The van der Waals surface area contributed by atoms with E-state index in [4.69, 9.17) is 14.5 Å². The highest BCUT2D eigenvalue weighted by molar-refractivity contribution is 5.97.